The molecule has 0 aliphatic carbocycles. The summed E-state index contributed by atoms with van der Waals surface area (Å²) in [6.45, 7) is 2.01. The SMILES string of the molecule is CCOC(=O)c1cnc(CSc2cccc(Cl)c2)nc1N. The normalized spacial score (nSPS) is 10.4. The number of hydrogen-bond donors (Lipinski definition) is 1. The van der Waals surface area contributed by atoms with Crippen molar-refractivity contribution in [2.24, 2.45) is 0 Å². The number of benzene rings is 1. The molecule has 0 saturated heterocycles. The monoisotopic (exact) mass is 323 g/mol. The van der Waals surface area contributed by atoms with E-state index >= 15 is 0 Å². The molecule has 0 amide bonds. The maximum Gasteiger partial charge on any atom is 0.343 e. The van der Waals surface area contributed by atoms with Crippen molar-refractivity contribution >= 4 is 35.1 Å². The first-order valence-corrected chi connectivity index (χ1v) is 7.63. The lowest BCUT2D eigenvalue weighted by Crippen LogP contribution is -2.11. The molecule has 2 N–H and O–H groups in total. The number of anilines is 1. The minimum Gasteiger partial charge on any atom is -0.462 e. The van der Waals surface area contributed by atoms with Crippen molar-refractivity contribution < 1.29 is 9.53 Å². The first kappa shape index (κ1) is 15.6. The number of halogens is 1. The van der Waals surface area contributed by atoms with Gasteiger partial charge in [0.25, 0.3) is 0 Å². The number of nitrogens with two attached hydrogens (primary N) is 1. The average Bonchev–Trinajstić information content (AvgIpc) is 2.45. The number of carbonyl (C=O) groups is 1. The summed E-state index contributed by atoms with van der Waals surface area (Å²) in [5, 5.41) is 0.679. The van der Waals surface area contributed by atoms with Crippen molar-refractivity contribution in [2.75, 3.05) is 12.3 Å². The van der Waals surface area contributed by atoms with Crippen LogP contribution in [0, 0.1) is 0 Å². The second-order valence-electron chi connectivity index (χ2n) is 4.05. The Bertz CT molecular complexity index is 652. The van der Waals surface area contributed by atoms with E-state index in [-0.39, 0.29) is 18.0 Å². The molecular formula is C14H14ClN3O2S. The van der Waals surface area contributed by atoms with Gasteiger partial charge >= 0.3 is 5.97 Å². The van der Waals surface area contributed by atoms with Crippen LogP contribution in [0.15, 0.2) is 35.4 Å². The third-order valence-corrected chi connectivity index (χ3v) is 3.75. The maximum absolute atomic E-state index is 11.6. The van der Waals surface area contributed by atoms with Gasteiger partial charge in [-0.3, -0.25) is 0 Å². The standard InChI is InChI=1S/C14H14ClN3O2S/c1-2-20-14(19)11-7-17-12(18-13(11)16)8-21-10-5-3-4-9(15)6-10/h3-7H,2,8H2,1H3,(H2,16,17,18). The summed E-state index contributed by atoms with van der Waals surface area (Å²) in [7, 11) is 0. The third-order valence-electron chi connectivity index (χ3n) is 2.53. The molecule has 0 aliphatic rings. The Morgan fingerprint density at radius 2 is 2.29 bits per heavy atom. The van der Waals surface area contributed by atoms with E-state index in [4.69, 9.17) is 22.1 Å². The average molecular weight is 324 g/mol. The van der Waals surface area contributed by atoms with Gasteiger partial charge in [-0.15, -0.1) is 11.8 Å². The van der Waals surface area contributed by atoms with E-state index in [0.29, 0.717) is 16.6 Å². The van der Waals surface area contributed by atoms with Crippen molar-refractivity contribution in [1.29, 1.82) is 0 Å². The highest BCUT2D eigenvalue weighted by Crippen LogP contribution is 2.24. The Hall–Kier alpha value is -1.79. The van der Waals surface area contributed by atoms with Crippen molar-refractivity contribution in [3.8, 4) is 0 Å². The Morgan fingerprint density at radius 3 is 2.95 bits per heavy atom. The van der Waals surface area contributed by atoms with Gasteiger partial charge in [0, 0.05) is 16.1 Å². The molecule has 0 saturated carbocycles. The Morgan fingerprint density at radius 1 is 1.48 bits per heavy atom. The summed E-state index contributed by atoms with van der Waals surface area (Å²) in [5.41, 5.74) is 5.95. The molecule has 1 aromatic carbocycles. The fraction of sp³-hybridized carbons (Fsp3) is 0.214. The van der Waals surface area contributed by atoms with Gasteiger partial charge in [-0.05, 0) is 25.1 Å². The summed E-state index contributed by atoms with van der Waals surface area (Å²) in [6.07, 6.45) is 1.40. The summed E-state index contributed by atoms with van der Waals surface area (Å²) >= 11 is 7.46. The molecule has 0 fully saturated rings. The first-order chi connectivity index (χ1) is 10.1. The van der Waals surface area contributed by atoms with E-state index in [1.807, 2.05) is 24.3 Å². The van der Waals surface area contributed by atoms with Crippen LogP contribution in [0.5, 0.6) is 0 Å². The second-order valence-corrected chi connectivity index (χ2v) is 5.54. The molecule has 2 aromatic rings. The zero-order valence-electron chi connectivity index (χ0n) is 11.4. The van der Waals surface area contributed by atoms with Crippen LogP contribution in [0.2, 0.25) is 5.02 Å². The molecule has 110 valence electrons. The number of esters is 1. The number of hydrogen-bond acceptors (Lipinski definition) is 6. The highest BCUT2D eigenvalue weighted by atomic mass is 35.5. The molecule has 2 rings (SSSR count). The van der Waals surface area contributed by atoms with Crippen LogP contribution in [0.4, 0.5) is 5.82 Å². The van der Waals surface area contributed by atoms with Crippen molar-refractivity contribution in [3.63, 3.8) is 0 Å². The highest BCUT2D eigenvalue weighted by molar-refractivity contribution is 7.98. The van der Waals surface area contributed by atoms with Crippen molar-refractivity contribution in [2.45, 2.75) is 17.6 Å². The van der Waals surface area contributed by atoms with Gasteiger partial charge < -0.3 is 10.5 Å². The smallest absolute Gasteiger partial charge is 0.343 e. The predicted octanol–water partition coefficient (Wildman–Crippen LogP) is 3.18. The molecule has 21 heavy (non-hydrogen) atoms. The number of rotatable bonds is 5. The molecule has 0 atom stereocenters. The second kappa shape index (κ2) is 7.28. The molecular weight excluding hydrogens is 310 g/mol. The minimum absolute atomic E-state index is 0.130. The summed E-state index contributed by atoms with van der Waals surface area (Å²) < 4.78 is 4.87. The molecule has 0 spiro atoms. The number of aromatic nitrogens is 2. The van der Waals surface area contributed by atoms with Crippen LogP contribution in [0.1, 0.15) is 23.1 Å². The van der Waals surface area contributed by atoms with Crippen LogP contribution in [-0.4, -0.2) is 22.5 Å². The van der Waals surface area contributed by atoms with E-state index in [1.54, 1.807) is 6.92 Å². The number of carbonyl (C=O) groups excluding carboxylic acids is 1. The maximum atomic E-state index is 11.6. The van der Waals surface area contributed by atoms with Crippen LogP contribution in [0.3, 0.4) is 0 Å². The van der Waals surface area contributed by atoms with Gasteiger partial charge in [0.15, 0.2) is 0 Å². The summed E-state index contributed by atoms with van der Waals surface area (Å²) in [4.78, 5) is 20.9. The van der Waals surface area contributed by atoms with E-state index in [1.165, 1.54) is 18.0 Å². The minimum atomic E-state index is -0.510. The van der Waals surface area contributed by atoms with Crippen LogP contribution < -0.4 is 5.73 Å². The van der Waals surface area contributed by atoms with Gasteiger partial charge in [-0.25, -0.2) is 14.8 Å². The Labute approximate surface area is 131 Å². The zero-order chi connectivity index (χ0) is 15.2. The zero-order valence-corrected chi connectivity index (χ0v) is 12.9. The Kier molecular flexibility index (Phi) is 5.41. The van der Waals surface area contributed by atoms with E-state index in [0.717, 1.165) is 4.90 Å². The fourth-order valence-corrected chi connectivity index (χ4v) is 2.65. The Balaban J connectivity index is 2.05. The van der Waals surface area contributed by atoms with E-state index in [9.17, 15) is 4.79 Å². The van der Waals surface area contributed by atoms with Gasteiger partial charge in [0.1, 0.15) is 17.2 Å². The van der Waals surface area contributed by atoms with Crippen molar-refractivity contribution in [1.82, 2.24) is 9.97 Å². The van der Waals surface area contributed by atoms with Gasteiger partial charge in [-0.1, -0.05) is 17.7 Å². The fourth-order valence-electron chi connectivity index (χ4n) is 1.57. The summed E-state index contributed by atoms with van der Waals surface area (Å²) in [5.74, 6) is 0.702. The van der Waals surface area contributed by atoms with Gasteiger partial charge in [0.05, 0.1) is 12.4 Å². The lowest BCUT2D eigenvalue weighted by molar-refractivity contribution is 0.0526. The summed E-state index contributed by atoms with van der Waals surface area (Å²) in [6, 6.07) is 7.51. The molecule has 0 unspecified atom stereocenters. The highest BCUT2D eigenvalue weighted by Gasteiger charge is 2.13. The van der Waals surface area contributed by atoms with Gasteiger partial charge in [-0.2, -0.15) is 0 Å². The molecule has 1 heterocycles. The molecule has 5 nitrogen and oxygen atoms in total. The van der Waals surface area contributed by atoms with Crippen LogP contribution in [0.25, 0.3) is 0 Å². The van der Waals surface area contributed by atoms with Crippen LogP contribution in [-0.2, 0) is 10.5 Å². The predicted molar refractivity (Wildman–Crippen MR) is 83.4 cm³/mol. The van der Waals surface area contributed by atoms with Crippen molar-refractivity contribution in [3.05, 3.63) is 46.9 Å². The third kappa shape index (κ3) is 4.34. The quantitative estimate of drug-likeness (QED) is 0.672. The van der Waals surface area contributed by atoms with Crippen LogP contribution >= 0.6 is 23.4 Å². The first-order valence-electron chi connectivity index (χ1n) is 6.27. The van der Waals surface area contributed by atoms with E-state index < -0.39 is 5.97 Å². The number of nitrogen functional groups attached to an aromatic ring is 1. The lowest BCUT2D eigenvalue weighted by atomic mass is 10.3. The number of nitrogens with zero attached hydrogens (tertiary/aromatic N) is 2. The molecule has 7 heteroatoms. The number of thioether (sulfide) groups is 1. The van der Waals surface area contributed by atoms with E-state index in [2.05, 4.69) is 9.97 Å². The molecule has 1 aromatic heterocycles. The molecule has 0 bridgehead atoms. The largest absolute Gasteiger partial charge is 0.462 e. The van der Waals surface area contributed by atoms with Gasteiger partial charge in [0.2, 0.25) is 0 Å². The lowest BCUT2D eigenvalue weighted by Gasteiger charge is -2.06. The topological polar surface area (TPSA) is 78.1 Å². The molecule has 0 radical (unpaired) electrons. The molecule has 0 aliphatic heterocycles. The number of ether oxygens (including phenoxy) is 1.